The molecule has 0 saturated carbocycles. The van der Waals surface area contributed by atoms with Crippen LogP contribution in [0, 0.1) is 11.8 Å². The summed E-state index contributed by atoms with van der Waals surface area (Å²) in [4.78, 5) is 13.9. The predicted molar refractivity (Wildman–Crippen MR) is 60.3 cm³/mol. The number of hydrogen-bond donors (Lipinski definition) is 1. The zero-order valence-corrected chi connectivity index (χ0v) is 9.83. The molecule has 2 aliphatic rings. The van der Waals surface area contributed by atoms with Crippen LogP contribution in [-0.4, -0.2) is 30.1 Å². The lowest BCUT2D eigenvalue weighted by molar-refractivity contribution is -0.130. The highest BCUT2D eigenvalue weighted by atomic mass is 16.2. The Bertz CT molecular complexity index is 234. The van der Waals surface area contributed by atoms with Crippen LogP contribution in [0.2, 0.25) is 0 Å². The normalized spacial score (nSPS) is 32.7. The van der Waals surface area contributed by atoms with Crippen molar-refractivity contribution in [2.75, 3.05) is 13.1 Å². The third-order valence-electron chi connectivity index (χ3n) is 3.79. The maximum absolute atomic E-state index is 11.9. The van der Waals surface area contributed by atoms with E-state index in [0.717, 1.165) is 25.9 Å². The van der Waals surface area contributed by atoms with E-state index in [9.17, 15) is 4.79 Å². The number of amides is 1. The van der Waals surface area contributed by atoms with E-state index in [1.165, 1.54) is 12.8 Å². The van der Waals surface area contributed by atoms with Gasteiger partial charge in [-0.2, -0.15) is 0 Å². The van der Waals surface area contributed by atoms with Crippen LogP contribution in [0.15, 0.2) is 0 Å². The van der Waals surface area contributed by atoms with Crippen molar-refractivity contribution in [3.63, 3.8) is 0 Å². The standard InChI is InChI=1S/C12H22N2O/c1-9(2)10-7-12(15)14(8-10)11-5-3-4-6-13-11/h9-11,13H,3-8H2,1-2H3. The molecule has 15 heavy (non-hydrogen) atoms. The molecule has 1 amide bonds. The number of nitrogens with zero attached hydrogens (tertiary/aromatic N) is 1. The molecule has 2 rings (SSSR count). The second-order valence-corrected chi connectivity index (χ2v) is 5.22. The Morgan fingerprint density at radius 3 is 2.73 bits per heavy atom. The molecular formula is C12H22N2O. The van der Waals surface area contributed by atoms with E-state index in [0.29, 0.717) is 23.9 Å². The monoisotopic (exact) mass is 210 g/mol. The van der Waals surface area contributed by atoms with Crippen LogP contribution >= 0.6 is 0 Å². The summed E-state index contributed by atoms with van der Waals surface area (Å²) in [6.45, 7) is 6.47. The molecule has 0 radical (unpaired) electrons. The van der Waals surface area contributed by atoms with Gasteiger partial charge in [-0.3, -0.25) is 10.1 Å². The molecule has 0 aromatic carbocycles. The first-order valence-electron chi connectivity index (χ1n) is 6.21. The first-order chi connectivity index (χ1) is 7.18. The fourth-order valence-corrected chi connectivity index (χ4v) is 2.61. The smallest absolute Gasteiger partial charge is 0.224 e. The van der Waals surface area contributed by atoms with E-state index in [1.807, 2.05) is 0 Å². The zero-order chi connectivity index (χ0) is 10.8. The van der Waals surface area contributed by atoms with Gasteiger partial charge in [0, 0.05) is 13.0 Å². The topological polar surface area (TPSA) is 32.3 Å². The quantitative estimate of drug-likeness (QED) is 0.750. The lowest BCUT2D eigenvalue weighted by atomic mass is 9.95. The molecule has 2 fully saturated rings. The molecular weight excluding hydrogens is 188 g/mol. The van der Waals surface area contributed by atoms with Crippen LogP contribution in [0.3, 0.4) is 0 Å². The summed E-state index contributed by atoms with van der Waals surface area (Å²) < 4.78 is 0. The lowest BCUT2D eigenvalue weighted by Crippen LogP contribution is -2.48. The molecule has 3 nitrogen and oxygen atoms in total. The minimum Gasteiger partial charge on any atom is -0.327 e. The Morgan fingerprint density at radius 2 is 2.20 bits per heavy atom. The molecule has 0 bridgehead atoms. The second-order valence-electron chi connectivity index (χ2n) is 5.22. The number of rotatable bonds is 2. The van der Waals surface area contributed by atoms with Gasteiger partial charge in [-0.05, 0) is 37.6 Å². The number of hydrogen-bond acceptors (Lipinski definition) is 2. The molecule has 0 aliphatic carbocycles. The van der Waals surface area contributed by atoms with Crippen LogP contribution in [0.1, 0.15) is 39.5 Å². The van der Waals surface area contributed by atoms with Crippen molar-refractivity contribution in [2.45, 2.75) is 45.7 Å². The molecule has 0 spiro atoms. The highest BCUT2D eigenvalue weighted by molar-refractivity contribution is 5.79. The van der Waals surface area contributed by atoms with Gasteiger partial charge in [-0.25, -0.2) is 0 Å². The van der Waals surface area contributed by atoms with Gasteiger partial charge in [0.15, 0.2) is 0 Å². The van der Waals surface area contributed by atoms with E-state index in [2.05, 4.69) is 24.1 Å². The summed E-state index contributed by atoms with van der Waals surface area (Å²) in [5, 5.41) is 3.46. The Balaban J connectivity index is 1.95. The summed E-state index contributed by atoms with van der Waals surface area (Å²) in [5.74, 6) is 1.55. The van der Waals surface area contributed by atoms with Crippen LogP contribution in [-0.2, 0) is 4.79 Å². The van der Waals surface area contributed by atoms with Gasteiger partial charge in [-0.15, -0.1) is 0 Å². The zero-order valence-electron chi connectivity index (χ0n) is 9.83. The summed E-state index contributed by atoms with van der Waals surface area (Å²) in [6, 6.07) is 0. The van der Waals surface area contributed by atoms with E-state index in [4.69, 9.17) is 0 Å². The van der Waals surface area contributed by atoms with Gasteiger partial charge in [0.2, 0.25) is 5.91 Å². The molecule has 1 N–H and O–H groups in total. The fourth-order valence-electron chi connectivity index (χ4n) is 2.61. The molecule has 0 aromatic rings. The SMILES string of the molecule is CC(C)C1CC(=O)N(C2CCCCN2)C1. The molecule has 2 heterocycles. The maximum atomic E-state index is 11.9. The summed E-state index contributed by atoms with van der Waals surface area (Å²) in [5.41, 5.74) is 0. The highest BCUT2D eigenvalue weighted by Gasteiger charge is 2.35. The van der Waals surface area contributed by atoms with Gasteiger partial charge in [0.1, 0.15) is 0 Å². The number of piperidine rings is 1. The van der Waals surface area contributed by atoms with Crippen LogP contribution in [0.5, 0.6) is 0 Å². The van der Waals surface area contributed by atoms with Gasteiger partial charge >= 0.3 is 0 Å². The van der Waals surface area contributed by atoms with Crippen molar-refractivity contribution in [1.29, 1.82) is 0 Å². The Kier molecular flexibility index (Phi) is 3.29. The molecule has 2 atom stereocenters. The molecule has 86 valence electrons. The van der Waals surface area contributed by atoms with Crippen LogP contribution in [0.4, 0.5) is 0 Å². The lowest BCUT2D eigenvalue weighted by Gasteiger charge is -2.32. The summed E-state index contributed by atoms with van der Waals surface area (Å²) in [6.07, 6.45) is 4.74. The third-order valence-corrected chi connectivity index (χ3v) is 3.79. The van der Waals surface area contributed by atoms with Crippen molar-refractivity contribution < 1.29 is 4.79 Å². The van der Waals surface area contributed by atoms with Crippen molar-refractivity contribution >= 4 is 5.91 Å². The molecule has 0 aromatic heterocycles. The van der Waals surface area contributed by atoms with Gasteiger partial charge in [-0.1, -0.05) is 13.8 Å². The van der Waals surface area contributed by atoms with E-state index >= 15 is 0 Å². The molecule has 2 unspecified atom stereocenters. The van der Waals surface area contributed by atoms with E-state index < -0.39 is 0 Å². The minimum atomic E-state index is 0.329. The van der Waals surface area contributed by atoms with Crippen molar-refractivity contribution in [1.82, 2.24) is 10.2 Å². The second kappa shape index (κ2) is 4.52. The number of nitrogens with one attached hydrogen (secondary N) is 1. The Labute approximate surface area is 92.2 Å². The summed E-state index contributed by atoms with van der Waals surface area (Å²) >= 11 is 0. The average molecular weight is 210 g/mol. The van der Waals surface area contributed by atoms with E-state index in [1.54, 1.807) is 0 Å². The molecule has 2 aliphatic heterocycles. The highest BCUT2D eigenvalue weighted by Crippen LogP contribution is 2.27. The van der Waals surface area contributed by atoms with Crippen molar-refractivity contribution in [3.8, 4) is 0 Å². The van der Waals surface area contributed by atoms with E-state index in [-0.39, 0.29) is 0 Å². The first-order valence-corrected chi connectivity index (χ1v) is 6.21. The van der Waals surface area contributed by atoms with Crippen molar-refractivity contribution in [3.05, 3.63) is 0 Å². The minimum absolute atomic E-state index is 0.329. The van der Waals surface area contributed by atoms with Gasteiger partial charge < -0.3 is 4.90 Å². The van der Waals surface area contributed by atoms with Gasteiger partial charge in [0.25, 0.3) is 0 Å². The van der Waals surface area contributed by atoms with Gasteiger partial charge in [0.05, 0.1) is 6.17 Å². The number of likely N-dealkylation sites (tertiary alicyclic amines) is 1. The Morgan fingerprint density at radius 1 is 1.40 bits per heavy atom. The molecule has 2 saturated heterocycles. The third kappa shape index (κ3) is 2.33. The average Bonchev–Trinajstić information content (AvgIpc) is 2.62. The number of carbonyl (C=O) groups excluding carboxylic acids is 1. The van der Waals surface area contributed by atoms with Crippen LogP contribution in [0.25, 0.3) is 0 Å². The fraction of sp³-hybridized carbons (Fsp3) is 0.917. The summed E-state index contributed by atoms with van der Waals surface area (Å²) in [7, 11) is 0. The van der Waals surface area contributed by atoms with Crippen molar-refractivity contribution in [2.24, 2.45) is 11.8 Å². The predicted octanol–water partition coefficient (Wildman–Crippen LogP) is 1.59. The molecule has 3 heteroatoms. The first kappa shape index (κ1) is 10.9. The largest absolute Gasteiger partial charge is 0.327 e. The Hall–Kier alpha value is -0.570. The maximum Gasteiger partial charge on any atom is 0.224 e. The van der Waals surface area contributed by atoms with Crippen LogP contribution < -0.4 is 5.32 Å². The number of carbonyl (C=O) groups is 1.